The second kappa shape index (κ2) is 7.31. The van der Waals surface area contributed by atoms with Crippen molar-refractivity contribution in [3.05, 3.63) is 24.3 Å². The third-order valence-corrected chi connectivity index (χ3v) is 5.02. The van der Waals surface area contributed by atoms with Crippen molar-refractivity contribution in [1.29, 1.82) is 0 Å². The fraction of sp³-hybridized carbons (Fsp3) is 0.562. The molecule has 0 bridgehead atoms. The van der Waals surface area contributed by atoms with E-state index in [-0.39, 0.29) is 29.5 Å². The van der Waals surface area contributed by atoms with Crippen LogP contribution < -0.4 is 9.46 Å². The van der Waals surface area contributed by atoms with Crippen LogP contribution in [0.4, 0.5) is 0 Å². The van der Waals surface area contributed by atoms with Crippen LogP contribution in [-0.4, -0.2) is 44.5 Å². The SMILES string of the molecule is CC(=O)N(CCNS(=O)(=O)c1ccc(OC(C)C)cc1)C1CC1. The predicted octanol–water partition coefficient (Wildman–Crippen LogP) is 1.76. The lowest BCUT2D eigenvalue weighted by Crippen LogP contribution is -2.38. The summed E-state index contributed by atoms with van der Waals surface area (Å²) in [5.41, 5.74) is 0. The van der Waals surface area contributed by atoms with Crippen molar-refractivity contribution in [2.75, 3.05) is 13.1 Å². The van der Waals surface area contributed by atoms with Gasteiger partial charge in [-0.3, -0.25) is 4.79 Å². The van der Waals surface area contributed by atoms with Crippen LogP contribution in [-0.2, 0) is 14.8 Å². The highest BCUT2D eigenvalue weighted by Gasteiger charge is 2.30. The number of hydrogen-bond acceptors (Lipinski definition) is 4. The zero-order valence-electron chi connectivity index (χ0n) is 13.8. The van der Waals surface area contributed by atoms with Gasteiger partial charge in [0.1, 0.15) is 5.75 Å². The van der Waals surface area contributed by atoms with Crippen LogP contribution in [0.5, 0.6) is 5.75 Å². The minimum atomic E-state index is -3.58. The number of rotatable bonds is 8. The summed E-state index contributed by atoms with van der Waals surface area (Å²) in [7, 11) is -3.58. The van der Waals surface area contributed by atoms with Crippen molar-refractivity contribution in [2.45, 2.75) is 50.7 Å². The van der Waals surface area contributed by atoms with Gasteiger partial charge < -0.3 is 9.64 Å². The maximum atomic E-state index is 12.2. The number of ether oxygens (including phenoxy) is 1. The molecule has 1 fully saturated rings. The number of sulfonamides is 1. The summed E-state index contributed by atoms with van der Waals surface area (Å²) in [5, 5.41) is 0. The molecule has 0 spiro atoms. The molecule has 6 nitrogen and oxygen atoms in total. The highest BCUT2D eigenvalue weighted by atomic mass is 32.2. The van der Waals surface area contributed by atoms with E-state index in [4.69, 9.17) is 4.74 Å². The molecule has 1 aromatic rings. The Morgan fingerprint density at radius 3 is 2.39 bits per heavy atom. The van der Waals surface area contributed by atoms with E-state index in [0.29, 0.717) is 12.3 Å². The molecule has 1 N–H and O–H groups in total. The molecule has 0 aromatic heterocycles. The Bertz CT molecular complexity index is 637. The lowest BCUT2D eigenvalue weighted by Gasteiger charge is -2.20. The van der Waals surface area contributed by atoms with Crippen LogP contribution in [0.3, 0.4) is 0 Å². The average Bonchev–Trinajstić information content (AvgIpc) is 3.27. The lowest BCUT2D eigenvalue weighted by atomic mass is 10.3. The Hall–Kier alpha value is -1.60. The number of hydrogen-bond donors (Lipinski definition) is 1. The van der Waals surface area contributed by atoms with Gasteiger partial charge in [-0.05, 0) is 51.0 Å². The molecule has 1 aromatic carbocycles. The number of nitrogens with zero attached hydrogens (tertiary/aromatic N) is 1. The summed E-state index contributed by atoms with van der Waals surface area (Å²) in [5.74, 6) is 0.623. The van der Waals surface area contributed by atoms with Crippen molar-refractivity contribution < 1.29 is 17.9 Å². The lowest BCUT2D eigenvalue weighted by molar-refractivity contribution is -0.129. The molecule has 128 valence electrons. The van der Waals surface area contributed by atoms with Gasteiger partial charge in [-0.15, -0.1) is 0 Å². The molecule has 23 heavy (non-hydrogen) atoms. The van der Waals surface area contributed by atoms with Gasteiger partial charge in [-0.1, -0.05) is 0 Å². The fourth-order valence-corrected chi connectivity index (χ4v) is 3.36. The largest absolute Gasteiger partial charge is 0.491 e. The minimum absolute atomic E-state index is 0.0121. The van der Waals surface area contributed by atoms with E-state index in [1.165, 1.54) is 19.1 Å². The number of carbonyl (C=O) groups is 1. The van der Waals surface area contributed by atoms with Gasteiger partial charge in [0.2, 0.25) is 15.9 Å². The standard InChI is InChI=1S/C16H24N2O4S/c1-12(2)22-15-6-8-16(9-7-15)23(20,21)17-10-11-18(13(3)19)14-4-5-14/h6-9,12,14,17H,4-5,10-11H2,1-3H3. The third kappa shape index (κ3) is 5.21. The molecule has 2 rings (SSSR count). The summed E-state index contributed by atoms with van der Waals surface area (Å²) < 4.78 is 32.5. The first kappa shape index (κ1) is 17.7. The molecule has 0 heterocycles. The van der Waals surface area contributed by atoms with E-state index < -0.39 is 10.0 Å². The van der Waals surface area contributed by atoms with Crippen molar-refractivity contribution in [3.63, 3.8) is 0 Å². The van der Waals surface area contributed by atoms with Gasteiger partial charge in [0, 0.05) is 26.1 Å². The van der Waals surface area contributed by atoms with E-state index in [2.05, 4.69) is 4.72 Å². The summed E-state index contributed by atoms with van der Waals surface area (Å²) in [4.78, 5) is 13.4. The molecule has 7 heteroatoms. The maximum Gasteiger partial charge on any atom is 0.240 e. The van der Waals surface area contributed by atoms with Crippen molar-refractivity contribution in [2.24, 2.45) is 0 Å². The van der Waals surface area contributed by atoms with Crippen LogP contribution in [0.15, 0.2) is 29.2 Å². The Morgan fingerprint density at radius 2 is 1.91 bits per heavy atom. The first-order valence-corrected chi connectivity index (χ1v) is 9.31. The smallest absolute Gasteiger partial charge is 0.240 e. The molecule has 1 aliphatic carbocycles. The monoisotopic (exact) mass is 340 g/mol. The minimum Gasteiger partial charge on any atom is -0.491 e. The quantitative estimate of drug-likeness (QED) is 0.782. The number of benzene rings is 1. The highest BCUT2D eigenvalue weighted by Crippen LogP contribution is 2.26. The second-order valence-electron chi connectivity index (χ2n) is 5.98. The molecule has 1 saturated carbocycles. The van der Waals surface area contributed by atoms with Gasteiger partial charge in [-0.2, -0.15) is 0 Å². The summed E-state index contributed by atoms with van der Waals surface area (Å²) >= 11 is 0. The second-order valence-corrected chi connectivity index (χ2v) is 7.75. The van der Waals surface area contributed by atoms with Gasteiger partial charge >= 0.3 is 0 Å². The Labute approximate surface area is 137 Å². The number of nitrogens with one attached hydrogen (secondary N) is 1. The Balaban J connectivity index is 1.91. The summed E-state index contributed by atoms with van der Waals surface area (Å²) in [6.45, 7) is 5.94. The summed E-state index contributed by atoms with van der Waals surface area (Å²) in [6.07, 6.45) is 2.04. The van der Waals surface area contributed by atoms with Crippen LogP contribution >= 0.6 is 0 Å². The van der Waals surface area contributed by atoms with Crippen molar-refractivity contribution in [3.8, 4) is 5.75 Å². The van der Waals surface area contributed by atoms with Crippen LogP contribution in [0, 0.1) is 0 Å². The first-order chi connectivity index (χ1) is 10.8. The fourth-order valence-electron chi connectivity index (χ4n) is 2.34. The van der Waals surface area contributed by atoms with Gasteiger partial charge in [-0.25, -0.2) is 13.1 Å². The zero-order chi connectivity index (χ0) is 17.0. The topological polar surface area (TPSA) is 75.7 Å². The van der Waals surface area contributed by atoms with Gasteiger partial charge in [0.25, 0.3) is 0 Å². The maximum absolute atomic E-state index is 12.2. The van der Waals surface area contributed by atoms with Crippen LogP contribution in [0.1, 0.15) is 33.6 Å². The molecule has 1 amide bonds. The molecule has 0 unspecified atom stereocenters. The van der Waals surface area contributed by atoms with Crippen molar-refractivity contribution >= 4 is 15.9 Å². The molecule has 0 saturated heterocycles. The first-order valence-electron chi connectivity index (χ1n) is 7.83. The molecule has 0 radical (unpaired) electrons. The number of amides is 1. The van der Waals surface area contributed by atoms with E-state index in [1.807, 2.05) is 13.8 Å². The molecule has 0 aliphatic heterocycles. The van der Waals surface area contributed by atoms with E-state index in [1.54, 1.807) is 17.0 Å². The highest BCUT2D eigenvalue weighted by molar-refractivity contribution is 7.89. The van der Waals surface area contributed by atoms with Gasteiger partial charge in [0.05, 0.1) is 11.0 Å². The van der Waals surface area contributed by atoms with Crippen LogP contribution in [0.25, 0.3) is 0 Å². The average molecular weight is 340 g/mol. The van der Waals surface area contributed by atoms with Crippen molar-refractivity contribution in [1.82, 2.24) is 9.62 Å². The van der Waals surface area contributed by atoms with E-state index >= 15 is 0 Å². The molecular formula is C16H24N2O4S. The number of carbonyl (C=O) groups excluding carboxylic acids is 1. The normalized spacial score (nSPS) is 14.8. The van der Waals surface area contributed by atoms with E-state index in [0.717, 1.165) is 12.8 Å². The zero-order valence-corrected chi connectivity index (χ0v) is 14.6. The summed E-state index contributed by atoms with van der Waals surface area (Å²) in [6, 6.07) is 6.60. The van der Waals surface area contributed by atoms with E-state index in [9.17, 15) is 13.2 Å². The molecular weight excluding hydrogens is 316 g/mol. The van der Waals surface area contributed by atoms with Gasteiger partial charge in [0.15, 0.2) is 0 Å². The predicted molar refractivity (Wildman–Crippen MR) is 87.8 cm³/mol. The Morgan fingerprint density at radius 1 is 1.30 bits per heavy atom. The molecule has 0 atom stereocenters. The molecule has 1 aliphatic rings. The van der Waals surface area contributed by atoms with Crippen LogP contribution in [0.2, 0.25) is 0 Å². The third-order valence-electron chi connectivity index (χ3n) is 3.54. The Kier molecular flexibility index (Phi) is 5.64.